The average molecular weight is 589 g/mol. The third kappa shape index (κ3) is 7.90. The Morgan fingerprint density at radius 2 is 1.42 bits per heavy atom. The molecule has 2 amide bonds. The van der Waals surface area contributed by atoms with Gasteiger partial charge in [0.1, 0.15) is 5.25 Å². The molecule has 216 valence electrons. The summed E-state index contributed by atoms with van der Waals surface area (Å²) in [7, 11) is 0. The average Bonchev–Trinajstić information content (AvgIpc) is 3.04. The fourth-order valence-electron chi connectivity index (χ4n) is 4.51. The summed E-state index contributed by atoms with van der Waals surface area (Å²) in [5.41, 5.74) is 3.06. The highest BCUT2D eigenvalue weighted by molar-refractivity contribution is 8.00. The van der Waals surface area contributed by atoms with Crippen molar-refractivity contribution in [2.24, 2.45) is 0 Å². The molecule has 0 bridgehead atoms. The van der Waals surface area contributed by atoms with E-state index in [1.807, 2.05) is 104 Å². The molecule has 43 heavy (non-hydrogen) atoms. The Labute approximate surface area is 255 Å². The van der Waals surface area contributed by atoms with Crippen molar-refractivity contribution in [3.63, 3.8) is 0 Å². The lowest BCUT2D eigenvalue weighted by atomic mass is 10.1. The third-order valence-electron chi connectivity index (χ3n) is 6.82. The largest absolute Gasteiger partial charge is 0.462 e. The number of fused-ring (bicyclic) bond motifs is 1. The number of anilines is 2. The molecule has 2 N–H and O–H groups in total. The maximum absolute atomic E-state index is 13.6. The van der Waals surface area contributed by atoms with Crippen LogP contribution in [-0.4, -0.2) is 24.4 Å². The second kappa shape index (κ2) is 14.3. The first-order chi connectivity index (χ1) is 21.0. The zero-order valence-electron chi connectivity index (χ0n) is 23.8. The Balaban J connectivity index is 1.29. The standard InChI is InChI=1S/C36H32N2O4S/c1-2-3-22-42-36(41)27-18-20-30(21-19-27)37-35(40)33(26-11-5-4-6-12-26)43-32-15-9-14-31(24-32)38-34(39)29-17-16-25-10-7-8-13-28(25)23-29/h4-21,23-24,33H,2-3,22H2,1H3,(H,37,40)(H,38,39). The van der Waals surface area contributed by atoms with E-state index >= 15 is 0 Å². The van der Waals surface area contributed by atoms with Crippen molar-refractivity contribution in [1.82, 2.24) is 0 Å². The molecule has 1 atom stereocenters. The molecule has 0 aliphatic heterocycles. The number of amides is 2. The molecule has 0 fully saturated rings. The predicted octanol–water partition coefficient (Wildman–Crippen LogP) is 8.52. The number of nitrogens with one attached hydrogen (secondary N) is 2. The Morgan fingerprint density at radius 3 is 2.19 bits per heavy atom. The molecular weight excluding hydrogens is 556 g/mol. The Bertz CT molecular complexity index is 1720. The van der Waals surface area contributed by atoms with Gasteiger partial charge in [-0.05, 0) is 77.4 Å². The van der Waals surface area contributed by atoms with Gasteiger partial charge in [-0.15, -0.1) is 11.8 Å². The number of hydrogen-bond donors (Lipinski definition) is 2. The predicted molar refractivity (Wildman–Crippen MR) is 174 cm³/mol. The molecule has 0 heterocycles. The number of esters is 1. The van der Waals surface area contributed by atoms with Crippen molar-refractivity contribution < 1.29 is 19.1 Å². The smallest absolute Gasteiger partial charge is 0.338 e. The molecule has 7 heteroatoms. The topological polar surface area (TPSA) is 84.5 Å². The van der Waals surface area contributed by atoms with Crippen LogP contribution in [0.25, 0.3) is 10.8 Å². The minimum atomic E-state index is -0.564. The van der Waals surface area contributed by atoms with Gasteiger partial charge >= 0.3 is 5.97 Å². The van der Waals surface area contributed by atoms with Crippen LogP contribution in [0.2, 0.25) is 0 Å². The zero-order chi connectivity index (χ0) is 30.0. The second-order valence-corrected chi connectivity index (χ2v) is 11.2. The number of unbranched alkanes of at least 4 members (excludes halogenated alkanes) is 1. The Hall–Kier alpha value is -4.88. The van der Waals surface area contributed by atoms with Gasteiger partial charge in [-0.25, -0.2) is 4.79 Å². The maximum atomic E-state index is 13.6. The van der Waals surface area contributed by atoms with E-state index in [0.717, 1.165) is 34.1 Å². The lowest BCUT2D eigenvalue weighted by Crippen LogP contribution is -2.19. The summed E-state index contributed by atoms with van der Waals surface area (Å²) in [4.78, 5) is 39.7. The van der Waals surface area contributed by atoms with Gasteiger partial charge in [-0.3, -0.25) is 9.59 Å². The highest BCUT2D eigenvalue weighted by Gasteiger charge is 2.23. The molecule has 0 aliphatic rings. The van der Waals surface area contributed by atoms with Gasteiger partial charge in [0.2, 0.25) is 5.91 Å². The van der Waals surface area contributed by atoms with Crippen molar-refractivity contribution in [2.75, 3.05) is 17.2 Å². The lowest BCUT2D eigenvalue weighted by molar-refractivity contribution is -0.115. The summed E-state index contributed by atoms with van der Waals surface area (Å²) in [6, 6.07) is 37.2. The number of thioether (sulfide) groups is 1. The minimum absolute atomic E-state index is 0.206. The molecule has 6 nitrogen and oxygen atoms in total. The van der Waals surface area contributed by atoms with Crippen LogP contribution in [-0.2, 0) is 9.53 Å². The highest BCUT2D eigenvalue weighted by atomic mass is 32.2. The molecule has 0 radical (unpaired) electrons. The SMILES string of the molecule is CCCCOC(=O)c1ccc(NC(=O)C(Sc2cccc(NC(=O)c3ccc4ccccc4c3)c2)c2ccccc2)cc1. The molecule has 1 unspecified atom stereocenters. The first kappa shape index (κ1) is 29.6. The quantitative estimate of drug-likeness (QED) is 0.0918. The normalized spacial score (nSPS) is 11.5. The first-order valence-electron chi connectivity index (χ1n) is 14.2. The molecule has 5 aromatic carbocycles. The fourth-order valence-corrected chi connectivity index (χ4v) is 5.59. The highest BCUT2D eigenvalue weighted by Crippen LogP contribution is 2.37. The van der Waals surface area contributed by atoms with E-state index in [1.54, 1.807) is 24.3 Å². The molecule has 0 aromatic heterocycles. The number of ether oxygens (including phenoxy) is 1. The van der Waals surface area contributed by atoms with Crippen LogP contribution in [0.15, 0.2) is 126 Å². The Kier molecular flexibility index (Phi) is 9.87. The minimum Gasteiger partial charge on any atom is -0.462 e. The van der Waals surface area contributed by atoms with Crippen LogP contribution in [0.4, 0.5) is 11.4 Å². The molecule has 0 saturated heterocycles. The van der Waals surface area contributed by atoms with Crippen LogP contribution in [0.1, 0.15) is 51.3 Å². The van der Waals surface area contributed by atoms with Crippen LogP contribution >= 0.6 is 11.8 Å². The second-order valence-electron chi connectivity index (χ2n) is 10.0. The van der Waals surface area contributed by atoms with Gasteiger partial charge < -0.3 is 15.4 Å². The summed E-state index contributed by atoms with van der Waals surface area (Å²) in [6.07, 6.45) is 1.77. The number of hydrogen-bond acceptors (Lipinski definition) is 5. The molecule has 0 spiro atoms. The number of benzene rings is 5. The number of carbonyl (C=O) groups excluding carboxylic acids is 3. The molecular formula is C36H32N2O4S. The van der Waals surface area contributed by atoms with Crippen molar-refractivity contribution >= 4 is 51.7 Å². The summed E-state index contributed by atoms with van der Waals surface area (Å²) in [6.45, 7) is 2.42. The first-order valence-corrected chi connectivity index (χ1v) is 15.1. The maximum Gasteiger partial charge on any atom is 0.338 e. The van der Waals surface area contributed by atoms with E-state index in [-0.39, 0.29) is 17.8 Å². The van der Waals surface area contributed by atoms with E-state index in [4.69, 9.17) is 4.74 Å². The van der Waals surface area contributed by atoms with E-state index in [0.29, 0.717) is 29.1 Å². The zero-order valence-corrected chi connectivity index (χ0v) is 24.6. The third-order valence-corrected chi connectivity index (χ3v) is 8.07. The van der Waals surface area contributed by atoms with Gasteiger partial charge in [-0.2, -0.15) is 0 Å². The van der Waals surface area contributed by atoms with Crippen LogP contribution < -0.4 is 10.6 Å². The van der Waals surface area contributed by atoms with E-state index < -0.39 is 5.25 Å². The van der Waals surface area contributed by atoms with Gasteiger partial charge in [0, 0.05) is 21.8 Å². The summed E-state index contributed by atoms with van der Waals surface area (Å²) in [5.74, 6) is -0.792. The number of rotatable bonds is 11. The van der Waals surface area contributed by atoms with Gasteiger partial charge in [-0.1, -0.05) is 80.1 Å². The molecule has 0 saturated carbocycles. The molecule has 0 aliphatic carbocycles. The fraction of sp³-hybridized carbons (Fsp3) is 0.139. The number of carbonyl (C=O) groups is 3. The van der Waals surface area contributed by atoms with Crippen LogP contribution in [0.3, 0.4) is 0 Å². The molecule has 5 rings (SSSR count). The summed E-state index contributed by atoms with van der Waals surface area (Å²) in [5, 5.41) is 7.47. The van der Waals surface area contributed by atoms with E-state index in [9.17, 15) is 14.4 Å². The van der Waals surface area contributed by atoms with Gasteiger partial charge in [0.05, 0.1) is 12.2 Å². The van der Waals surface area contributed by atoms with Gasteiger partial charge in [0.25, 0.3) is 5.91 Å². The van der Waals surface area contributed by atoms with Gasteiger partial charge in [0.15, 0.2) is 0 Å². The Morgan fingerprint density at radius 1 is 0.698 bits per heavy atom. The van der Waals surface area contributed by atoms with E-state index in [1.165, 1.54) is 11.8 Å². The van der Waals surface area contributed by atoms with Crippen molar-refractivity contribution in [3.05, 3.63) is 138 Å². The van der Waals surface area contributed by atoms with Crippen LogP contribution in [0, 0.1) is 0 Å². The monoisotopic (exact) mass is 588 g/mol. The lowest BCUT2D eigenvalue weighted by Gasteiger charge is -2.18. The summed E-state index contributed by atoms with van der Waals surface area (Å²) >= 11 is 1.39. The summed E-state index contributed by atoms with van der Waals surface area (Å²) < 4.78 is 5.27. The molecule has 5 aromatic rings. The van der Waals surface area contributed by atoms with E-state index in [2.05, 4.69) is 10.6 Å². The van der Waals surface area contributed by atoms with Crippen molar-refractivity contribution in [3.8, 4) is 0 Å². The van der Waals surface area contributed by atoms with Crippen molar-refractivity contribution in [2.45, 2.75) is 29.9 Å². The van der Waals surface area contributed by atoms with Crippen LogP contribution in [0.5, 0.6) is 0 Å². The van der Waals surface area contributed by atoms with Crippen molar-refractivity contribution in [1.29, 1.82) is 0 Å².